The van der Waals surface area contributed by atoms with Crippen LogP contribution in [-0.4, -0.2) is 5.78 Å². The number of Topliss-reactive ketones (excluding diaryl/α,β-unsaturated/α-hetero) is 1. The monoisotopic (exact) mass is 330 g/mol. The van der Waals surface area contributed by atoms with E-state index in [2.05, 4.69) is 57.2 Å². The molecule has 0 radical (unpaired) electrons. The van der Waals surface area contributed by atoms with Gasteiger partial charge in [-0.15, -0.1) is 0 Å². The Bertz CT molecular complexity index is 940. The first kappa shape index (κ1) is 15.4. The van der Waals surface area contributed by atoms with Gasteiger partial charge < -0.3 is 0 Å². The van der Waals surface area contributed by atoms with E-state index >= 15 is 0 Å². The number of carbonyl (C=O) groups excluding carboxylic acids is 1. The highest BCUT2D eigenvalue weighted by molar-refractivity contribution is 6.06. The molecule has 2 aromatic carbocycles. The Labute approximate surface area is 150 Å². The highest BCUT2D eigenvalue weighted by Gasteiger charge is 2.53. The number of aryl methyl sites for hydroxylation is 1. The van der Waals surface area contributed by atoms with Crippen LogP contribution in [0.1, 0.15) is 67.9 Å². The van der Waals surface area contributed by atoms with Crippen molar-refractivity contribution in [3.05, 3.63) is 58.7 Å². The number of rotatable bonds is 0. The first-order chi connectivity index (χ1) is 11.9. The maximum absolute atomic E-state index is 13.5. The Morgan fingerprint density at radius 3 is 2.60 bits per heavy atom. The summed E-state index contributed by atoms with van der Waals surface area (Å²) in [7, 11) is 0. The lowest BCUT2D eigenvalue weighted by Crippen LogP contribution is -2.39. The van der Waals surface area contributed by atoms with Gasteiger partial charge in [-0.25, -0.2) is 0 Å². The predicted molar refractivity (Wildman–Crippen MR) is 103 cm³/mol. The molecule has 0 N–H and O–H groups in total. The lowest BCUT2D eigenvalue weighted by Gasteiger charge is -2.39. The molecule has 0 aliphatic heterocycles. The molecule has 2 bridgehead atoms. The molecule has 128 valence electrons. The van der Waals surface area contributed by atoms with Crippen molar-refractivity contribution >= 4 is 16.6 Å². The van der Waals surface area contributed by atoms with Crippen LogP contribution in [0, 0.1) is 11.3 Å². The van der Waals surface area contributed by atoms with Gasteiger partial charge in [-0.3, -0.25) is 4.79 Å². The zero-order chi connectivity index (χ0) is 17.4. The molecule has 1 nitrogen and oxygen atoms in total. The second-order valence-corrected chi connectivity index (χ2v) is 9.48. The third-order valence-electron chi connectivity index (χ3n) is 6.99. The molecule has 1 heteroatoms. The molecule has 2 unspecified atom stereocenters. The second-order valence-electron chi connectivity index (χ2n) is 9.48. The highest BCUT2D eigenvalue weighted by Crippen LogP contribution is 2.58. The summed E-state index contributed by atoms with van der Waals surface area (Å²) in [6.07, 6.45) is 7.80. The van der Waals surface area contributed by atoms with Crippen LogP contribution in [0.25, 0.3) is 10.8 Å². The standard InChI is InChI=1S/C24H26O/c1-23(2,3)19-7-5-16-13-21-17(11-18(16)12-19)8-9-24(22(21)25)14-15-4-6-20(24)10-15/h4-5,7,11-13,20H,6,8-10,14H2,1-3H3. The highest BCUT2D eigenvalue weighted by atomic mass is 16.1. The third kappa shape index (κ3) is 2.11. The van der Waals surface area contributed by atoms with Crippen molar-refractivity contribution in [1.29, 1.82) is 0 Å². The fraction of sp³-hybridized carbons (Fsp3) is 0.458. The number of allylic oxidation sites excluding steroid dienone is 2. The van der Waals surface area contributed by atoms with Crippen molar-refractivity contribution in [3.8, 4) is 0 Å². The van der Waals surface area contributed by atoms with Gasteiger partial charge in [-0.05, 0) is 71.4 Å². The average molecular weight is 330 g/mol. The Kier molecular flexibility index (Phi) is 2.98. The van der Waals surface area contributed by atoms with Crippen LogP contribution in [0.15, 0.2) is 42.0 Å². The van der Waals surface area contributed by atoms with Crippen LogP contribution >= 0.6 is 0 Å². The molecule has 1 spiro atoms. The summed E-state index contributed by atoms with van der Waals surface area (Å²) >= 11 is 0. The summed E-state index contributed by atoms with van der Waals surface area (Å²) in [6, 6.07) is 11.2. The molecule has 1 saturated carbocycles. The van der Waals surface area contributed by atoms with E-state index in [4.69, 9.17) is 0 Å². The Morgan fingerprint density at radius 2 is 1.92 bits per heavy atom. The van der Waals surface area contributed by atoms with E-state index in [9.17, 15) is 4.79 Å². The molecule has 3 aliphatic carbocycles. The van der Waals surface area contributed by atoms with Crippen molar-refractivity contribution in [1.82, 2.24) is 0 Å². The zero-order valence-corrected chi connectivity index (χ0v) is 15.5. The van der Waals surface area contributed by atoms with Gasteiger partial charge in [0.1, 0.15) is 0 Å². The molecule has 0 heterocycles. The molecule has 1 fully saturated rings. The average Bonchev–Trinajstić information content (AvgIpc) is 3.17. The van der Waals surface area contributed by atoms with Gasteiger partial charge in [-0.1, -0.05) is 56.7 Å². The molecular weight excluding hydrogens is 304 g/mol. The minimum atomic E-state index is -0.0733. The minimum Gasteiger partial charge on any atom is -0.294 e. The van der Waals surface area contributed by atoms with Crippen molar-refractivity contribution < 1.29 is 4.79 Å². The summed E-state index contributed by atoms with van der Waals surface area (Å²) in [6.45, 7) is 6.76. The van der Waals surface area contributed by atoms with Crippen molar-refractivity contribution in [2.45, 2.75) is 58.3 Å². The van der Waals surface area contributed by atoms with Gasteiger partial charge in [0.25, 0.3) is 0 Å². The fourth-order valence-electron chi connectivity index (χ4n) is 5.43. The lowest BCUT2D eigenvalue weighted by molar-refractivity contribution is 0.0671. The fourth-order valence-corrected chi connectivity index (χ4v) is 5.43. The zero-order valence-electron chi connectivity index (χ0n) is 15.5. The number of ketones is 1. The van der Waals surface area contributed by atoms with Gasteiger partial charge in [-0.2, -0.15) is 0 Å². The molecule has 5 rings (SSSR count). The molecule has 0 aromatic heterocycles. The first-order valence-corrected chi connectivity index (χ1v) is 9.67. The number of hydrogen-bond donors (Lipinski definition) is 0. The molecular formula is C24H26O. The summed E-state index contributed by atoms with van der Waals surface area (Å²) in [5, 5.41) is 2.49. The molecule has 25 heavy (non-hydrogen) atoms. The number of benzene rings is 2. The van der Waals surface area contributed by atoms with Gasteiger partial charge in [0.05, 0.1) is 0 Å². The van der Waals surface area contributed by atoms with Crippen molar-refractivity contribution in [3.63, 3.8) is 0 Å². The molecule has 3 aliphatic rings. The largest absolute Gasteiger partial charge is 0.294 e. The van der Waals surface area contributed by atoms with Crippen molar-refractivity contribution in [2.75, 3.05) is 0 Å². The van der Waals surface area contributed by atoms with E-state index in [1.807, 2.05) is 0 Å². The summed E-state index contributed by atoms with van der Waals surface area (Å²) < 4.78 is 0. The summed E-state index contributed by atoms with van der Waals surface area (Å²) in [5.41, 5.74) is 5.26. The van der Waals surface area contributed by atoms with Gasteiger partial charge in [0.15, 0.2) is 5.78 Å². The van der Waals surface area contributed by atoms with Crippen LogP contribution in [0.5, 0.6) is 0 Å². The number of hydrogen-bond acceptors (Lipinski definition) is 1. The predicted octanol–water partition coefficient (Wildman–Crippen LogP) is 5.99. The normalized spacial score (nSPS) is 27.9. The Hall–Kier alpha value is -1.89. The van der Waals surface area contributed by atoms with Crippen LogP contribution in [0.2, 0.25) is 0 Å². The maximum Gasteiger partial charge on any atom is 0.169 e. The molecule has 2 aromatic rings. The van der Waals surface area contributed by atoms with Gasteiger partial charge >= 0.3 is 0 Å². The third-order valence-corrected chi connectivity index (χ3v) is 6.99. The Morgan fingerprint density at radius 1 is 1.08 bits per heavy atom. The van der Waals surface area contributed by atoms with E-state index in [1.165, 1.54) is 33.9 Å². The summed E-state index contributed by atoms with van der Waals surface area (Å²) in [4.78, 5) is 13.5. The minimum absolute atomic E-state index is 0.0733. The van der Waals surface area contributed by atoms with E-state index in [0.29, 0.717) is 11.7 Å². The maximum atomic E-state index is 13.5. The van der Waals surface area contributed by atoms with Crippen LogP contribution in [0.3, 0.4) is 0 Å². The lowest BCUT2D eigenvalue weighted by atomic mass is 9.63. The van der Waals surface area contributed by atoms with Gasteiger partial charge in [0.2, 0.25) is 0 Å². The SMILES string of the molecule is CC(C)(C)c1ccc2cc3c(cc2c1)CCC1(CC2=CCC1C2)C3=O. The second kappa shape index (κ2) is 4.84. The quantitative estimate of drug-likeness (QED) is 0.542. The Balaban J connectivity index is 1.62. The molecule has 2 atom stereocenters. The van der Waals surface area contributed by atoms with Gasteiger partial charge in [0, 0.05) is 11.0 Å². The smallest absolute Gasteiger partial charge is 0.169 e. The number of fused-ring (bicyclic) bond motifs is 5. The first-order valence-electron chi connectivity index (χ1n) is 9.67. The van der Waals surface area contributed by atoms with Crippen LogP contribution < -0.4 is 0 Å². The van der Waals surface area contributed by atoms with E-state index < -0.39 is 0 Å². The van der Waals surface area contributed by atoms with E-state index in [0.717, 1.165) is 31.2 Å². The van der Waals surface area contributed by atoms with E-state index in [-0.39, 0.29) is 10.8 Å². The van der Waals surface area contributed by atoms with Crippen LogP contribution in [-0.2, 0) is 11.8 Å². The number of carbonyl (C=O) groups is 1. The van der Waals surface area contributed by atoms with Crippen LogP contribution in [0.4, 0.5) is 0 Å². The topological polar surface area (TPSA) is 17.1 Å². The molecule has 0 saturated heterocycles. The van der Waals surface area contributed by atoms with Crippen molar-refractivity contribution in [2.24, 2.45) is 11.3 Å². The molecule has 0 amide bonds. The summed E-state index contributed by atoms with van der Waals surface area (Å²) in [5.74, 6) is 1.01. The van der Waals surface area contributed by atoms with E-state index in [1.54, 1.807) is 0 Å².